The number of methoxy groups -OCH3 is 1. The zero-order chi connectivity index (χ0) is 15.7. The summed E-state index contributed by atoms with van der Waals surface area (Å²) in [6.45, 7) is 2.19. The van der Waals surface area contributed by atoms with Gasteiger partial charge in [-0.05, 0) is 12.5 Å². The van der Waals surface area contributed by atoms with E-state index >= 15 is 0 Å². The quantitative estimate of drug-likeness (QED) is 0.659. The van der Waals surface area contributed by atoms with E-state index in [9.17, 15) is 14.7 Å². The highest BCUT2D eigenvalue weighted by Crippen LogP contribution is 2.23. The zero-order valence-electron chi connectivity index (χ0n) is 12.3. The number of hydrogen-bond acceptors (Lipinski definition) is 4. The summed E-state index contributed by atoms with van der Waals surface area (Å²) in [4.78, 5) is 23.2. The molecule has 0 spiro atoms. The van der Waals surface area contributed by atoms with Gasteiger partial charge in [-0.25, -0.2) is 0 Å². The van der Waals surface area contributed by atoms with Gasteiger partial charge in [0.2, 0.25) is 5.91 Å². The summed E-state index contributed by atoms with van der Waals surface area (Å²) in [5.41, 5.74) is -0.540. The Morgan fingerprint density at radius 3 is 2.48 bits per heavy atom. The number of carbonyl (C=O) groups excluding carboxylic acids is 1. The van der Waals surface area contributed by atoms with Crippen LogP contribution in [-0.4, -0.2) is 50.5 Å². The zero-order valence-corrected chi connectivity index (χ0v) is 12.3. The van der Waals surface area contributed by atoms with Crippen LogP contribution in [0.25, 0.3) is 0 Å². The molecule has 0 aliphatic heterocycles. The van der Waals surface area contributed by atoms with Crippen LogP contribution < -0.4 is 5.32 Å². The lowest BCUT2D eigenvalue weighted by molar-refractivity contribution is -0.143. The number of carboxylic acids is 1. The Kier molecular flexibility index (Phi) is 6.84. The lowest BCUT2D eigenvalue weighted by atomic mass is 9.82. The van der Waals surface area contributed by atoms with Crippen LogP contribution in [0.15, 0.2) is 30.3 Å². The minimum atomic E-state index is -1.18. The SMILES string of the molecule is COCCOCC(=O)NCC(C)(C(=O)O)c1ccccc1. The van der Waals surface area contributed by atoms with Gasteiger partial charge in [0.15, 0.2) is 0 Å². The van der Waals surface area contributed by atoms with E-state index in [0.29, 0.717) is 18.8 Å². The fraction of sp³-hybridized carbons (Fsp3) is 0.467. The van der Waals surface area contributed by atoms with E-state index in [4.69, 9.17) is 9.47 Å². The topological polar surface area (TPSA) is 84.9 Å². The van der Waals surface area contributed by atoms with Crippen LogP contribution in [0, 0.1) is 0 Å². The molecular formula is C15H21NO5. The van der Waals surface area contributed by atoms with Crippen LogP contribution in [0.3, 0.4) is 0 Å². The Labute approximate surface area is 124 Å². The van der Waals surface area contributed by atoms with Crippen molar-refractivity contribution in [3.05, 3.63) is 35.9 Å². The van der Waals surface area contributed by atoms with Crippen molar-refractivity contribution in [3.8, 4) is 0 Å². The number of benzene rings is 1. The van der Waals surface area contributed by atoms with Crippen molar-refractivity contribution >= 4 is 11.9 Å². The number of nitrogens with one attached hydrogen (secondary N) is 1. The van der Waals surface area contributed by atoms with Crippen molar-refractivity contribution in [2.75, 3.05) is 33.5 Å². The number of ether oxygens (including phenoxy) is 2. The molecule has 1 aromatic carbocycles. The van der Waals surface area contributed by atoms with Crippen molar-refractivity contribution in [2.24, 2.45) is 0 Å². The van der Waals surface area contributed by atoms with Crippen LogP contribution in [-0.2, 0) is 24.5 Å². The largest absolute Gasteiger partial charge is 0.481 e. The summed E-state index contributed by atoms with van der Waals surface area (Å²) < 4.78 is 9.88. The lowest BCUT2D eigenvalue weighted by Crippen LogP contribution is -2.45. The van der Waals surface area contributed by atoms with E-state index in [2.05, 4.69) is 5.32 Å². The normalized spacial score (nSPS) is 13.4. The fourth-order valence-corrected chi connectivity index (χ4v) is 1.74. The molecule has 6 heteroatoms. The average molecular weight is 295 g/mol. The summed E-state index contributed by atoms with van der Waals surface area (Å²) >= 11 is 0. The van der Waals surface area contributed by atoms with E-state index in [1.54, 1.807) is 38.3 Å². The Morgan fingerprint density at radius 1 is 1.24 bits per heavy atom. The monoisotopic (exact) mass is 295 g/mol. The van der Waals surface area contributed by atoms with E-state index in [1.807, 2.05) is 6.07 Å². The number of amides is 1. The highest BCUT2D eigenvalue weighted by Gasteiger charge is 2.35. The molecule has 0 aliphatic rings. The molecule has 1 rings (SSSR count). The van der Waals surface area contributed by atoms with E-state index in [1.165, 1.54) is 0 Å². The van der Waals surface area contributed by atoms with Crippen molar-refractivity contribution in [2.45, 2.75) is 12.3 Å². The molecule has 116 valence electrons. The van der Waals surface area contributed by atoms with E-state index < -0.39 is 11.4 Å². The Hall–Kier alpha value is -1.92. The second-order valence-corrected chi connectivity index (χ2v) is 4.83. The Morgan fingerprint density at radius 2 is 1.90 bits per heavy atom. The second kappa shape index (κ2) is 8.39. The van der Waals surface area contributed by atoms with Crippen molar-refractivity contribution in [1.82, 2.24) is 5.32 Å². The molecule has 0 fully saturated rings. The van der Waals surface area contributed by atoms with Gasteiger partial charge in [0.1, 0.15) is 12.0 Å². The molecule has 0 bridgehead atoms. The molecule has 1 unspecified atom stereocenters. The van der Waals surface area contributed by atoms with Crippen LogP contribution in [0.1, 0.15) is 12.5 Å². The molecule has 2 N–H and O–H groups in total. The molecule has 1 atom stereocenters. The number of carboxylic acid groups (broad SMARTS) is 1. The second-order valence-electron chi connectivity index (χ2n) is 4.83. The van der Waals surface area contributed by atoms with Gasteiger partial charge in [-0.2, -0.15) is 0 Å². The summed E-state index contributed by atoms with van der Waals surface area (Å²) in [6, 6.07) is 8.82. The highest BCUT2D eigenvalue weighted by atomic mass is 16.5. The third-order valence-corrected chi connectivity index (χ3v) is 3.19. The number of rotatable bonds is 9. The maximum atomic E-state index is 11.6. The summed E-state index contributed by atoms with van der Waals surface area (Å²) in [7, 11) is 1.54. The maximum absolute atomic E-state index is 11.6. The molecule has 0 aliphatic carbocycles. The molecule has 0 heterocycles. The van der Waals surface area contributed by atoms with Crippen LogP contribution >= 0.6 is 0 Å². The third kappa shape index (κ3) is 5.17. The first kappa shape index (κ1) is 17.1. The van der Waals surface area contributed by atoms with E-state index in [0.717, 1.165) is 0 Å². The molecule has 21 heavy (non-hydrogen) atoms. The van der Waals surface area contributed by atoms with Gasteiger partial charge in [-0.1, -0.05) is 30.3 Å². The molecule has 1 amide bonds. The predicted octanol–water partition coefficient (Wildman–Crippen LogP) is 0.808. The summed E-state index contributed by atoms with van der Waals surface area (Å²) in [5, 5.41) is 12.0. The first-order valence-corrected chi connectivity index (χ1v) is 6.63. The molecule has 0 saturated heterocycles. The smallest absolute Gasteiger partial charge is 0.315 e. The number of hydrogen-bond donors (Lipinski definition) is 2. The fourth-order valence-electron chi connectivity index (χ4n) is 1.74. The standard InChI is InChI=1S/C15H21NO5/c1-15(14(18)19,12-6-4-3-5-7-12)11-16-13(17)10-21-9-8-20-2/h3-7H,8-11H2,1-2H3,(H,16,17)(H,18,19). The molecule has 0 aromatic heterocycles. The van der Waals surface area contributed by atoms with Gasteiger partial charge in [-0.3, -0.25) is 9.59 Å². The molecule has 0 radical (unpaired) electrons. The maximum Gasteiger partial charge on any atom is 0.315 e. The van der Waals surface area contributed by atoms with Gasteiger partial charge in [0.05, 0.1) is 13.2 Å². The van der Waals surface area contributed by atoms with Gasteiger partial charge in [0.25, 0.3) is 0 Å². The minimum absolute atomic E-state index is 0.00117. The van der Waals surface area contributed by atoms with Gasteiger partial charge >= 0.3 is 5.97 Å². The van der Waals surface area contributed by atoms with Gasteiger partial charge in [0, 0.05) is 13.7 Å². The Balaban J connectivity index is 2.56. The van der Waals surface area contributed by atoms with Crippen molar-refractivity contribution in [1.29, 1.82) is 0 Å². The number of aliphatic carboxylic acids is 1. The Bertz CT molecular complexity index is 462. The predicted molar refractivity (Wildman–Crippen MR) is 77.1 cm³/mol. The third-order valence-electron chi connectivity index (χ3n) is 3.19. The summed E-state index contributed by atoms with van der Waals surface area (Å²) in [6.07, 6.45) is 0. The van der Waals surface area contributed by atoms with Crippen molar-refractivity contribution in [3.63, 3.8) is 0 Å². The first-order chi connectivity index (χ1) is 10.0. The molecule has 1 aromatic rings. The first-order valence-electron chi connectivity index (χ1n) is 6.63. The average Bonchev–Trinajstić information content (AvgIpc) is 2.50. The lowest BCUT2D eigenvalue weighted by Gasteiger charge is -2.25. The van der Waals surface area contributed by atoms with Crippen LogP contribution in [0.5, 0.6) is 0 Å². The van der Waals surface area contributed by atoms with Gasteiger partial charge < -0.3 is 19.9 Å². The highest BCUT2D eigenvalue weighted by molar-refractivity contribution is 5.83. The minimum Gasteiger partial charge on any atom is -0.481 e. The number of carbonyl (C=O) groups is 2. The molecule has 6 nitrogen and oxygen atoms in total. The van der Waals surface area contributed by atoms with Gasteiger partial charge in [-0.15, -0.1) is 0 Å². The van der Waals surface area contributed by atoms with Crippen LogP contribution in [0.4, 0.5) is 0 Å². The molecule has 0 saturated carbocycles. The van der Waals surface area contributed by atoms with Crippen molar-refractivity contribution < 1.29 is 24.2 Å². The van der Waals surface area contributed by atoms with Crippen LogP contribution in [0.2, 0.25) is 0 Å². The molecular weight excluding hydrogens is 274 g/mol. The summed E-state index contributed by atoms with van der Waals surface area (Å²) in [5.74, 6) is -1.34. The van der Waals surface area contributed by atoms with E-state index in [-0.39, 0.29) is 19.1 Å².